The fraction of sp³-hybridized carbons (Fsp3) is 0.429. The van der Waals surface area contributed by atoms with Crippen molar-refractivity contribution < 1.29 is 9.59 Å². The van der Waals surface area contributed by atoms with Crippen molar-refractivity contribution in [1.29, 1.82) is 0 Å². The first-order valence-corrected chi connectivity index (χ1v) is 10.4. The lowest BCUT2D eigenvalue weighted by atomic mass is 9.70. The molecule has 1 atom stereocenters. The molecule has 0 saturated carbocycles. The number of halogens is 1. The lowest BCUT2D eigenvalue weighted by Crippen LogP contribution is -2.50. The first kappa shape index (κ1) is 19.9. The highest BCUT2D eigenvalue weighted by atomic mass is 35.5. The predicted octanol–water partition coefficient (Wildman–Crippen LogP) is 4.10. The van der Waals surface area contributed by atoms with Crippen LogP contribution < -0.4 is 5.32 Å². The number of piperidine rings is 1. The number of amides is 2. The average molecular weight is 405 g/mol. The summed E-state index contributed by atoms with van der Waals surface area (Å²) >= 11 is 7.55. The zero-order chi connectivity index (χ0) is 19.4. The van der Waals surface area contributed by atoms with Gasteiger partial charge in [0, 0.05) is 23.0 Å². The number of nitrogens with one attached hydrogen (secondary N) is 1. The summed E-state index contributed by atoms with van der Waals surface area (Å²) in [7, 11) is 0. The number of carbonyl (C=O) groups is 2. The Labute approximate surface area is 169 Å². The van der Waals surface area contributed by atoms with Gasteiger partial charge in [0.1, 0.15) is 0 Å². The first-order valence-electron chi connectivity index (χ1n) is 9.17. The molecule has 3 rings (SSSR count). The molecule has 0 bridgehead atoms. The fourth-order valence-electron chi connectivity index (χ4n) is 3.80. The Morgan fingerprint density at radius 3 is 2.63 bits per heavy atom. The molecule has 2 aromatic rings. The monoisotopic (exact) mass is 404 g/mol. The van der Waals surface area contributed by atoms with E-state index < -0.39 is 0 Å². The zero-order valence-corrected chi connectivity index (χ0v) is 17.3. The van der Waals surface area contributed by atoms with E-state index in [9.17, 15) is 9.59 Å². The third-order valence-corrected chi connectivity index (χ3v) is 6.33. The minimum absolute atomic E-state index is 0.0165. The van der Waals surface area contributed by atoms with Crippen LogP contribution >= 0.6 is 22.9 Å². The molecule has 0 unspecified atom stereocenters. The van der Waals surface area contributed by atoms with Crippen LogP contribution in [0.15, 0.2) is 41.8 Å². The van der Waals surface area contributed by atoms with Crippen LogP contribution in [0.1, 0.15) is 36.6 Å². The van der Waals surface area contributed by atoms with Crippen LogP contribution in [-0.2, 0) is 16.0 Å². The second-order valence-electron chi connectivity index (χ2n) is 7.73. The molecule has 6 heteroatoms. The van der Waals surface area contributed by atoms with Crippen LogP contribution in [0.5, 0.6) is 0 Å². The Kier molecular flexibility index (Phi) is 6.22. The van der Waals surface area contributed by atoms with E-state index >= 15 is 0 Å². The van der Waals surface area contributed by atoms with Gasteiger partial charge < -0.3 is 10.2 Å². The van der Waals surface area contributed by atoms with Crippen LogP contribution in [0.25, 0.3) is 0 Å². The largest absolute Gasteiger partial charge is 0.347 e. The standard InChI is InChI=1S/C21H25ClN2O2S/c1-21(2)14-24(10-9-18(21)15-5-7-16(22)8-6-15)20(26)13-23-19(25)12-17-4-3-11-27-17/h3-8,11,18H,9-10,12-14H2,1-2H3,(H,23,25)/t18-/m1/s1. The summed E-state index contributed by atoms with van der Waals surface area (Å²) in [6, 6.07) is 11.9. The predicted molar refractivity (Wildman–Crippen MR) is 110 cm³/mol. The van der Waals surface area contributed by atoms with Gasteiger partial charge in [-0.05, 0) is 46.9 Å². The third-order valence-electron chi connectivity index (χ3n) is 5.21. The number of rotatable bonds is 5. The average Bonchev–Trinajstić information content (AvgIpc) is 3.13. The van der Waals surface area contributed by atoms with Crippen molar-refractivity contribution in [1.82, 2.24) is 10.2 Å². The smallest absolute Gasteiger partial charge is 0.241 e. The molecule has 2 heterocycles. The molecule has 1 aliphatic heterocycles. The van der Waals surface area contributed by atoms with Crippen molar-refractivity contribution >= 4 is 34.8 Å². The van der Waals surface area contributed by atoms with Gasteiger partial charge >= 0.3 is 0 Å². The van der Waals surface area contributed by atoms with Gasteiger partial charge in [-0.2, -0.15) is 0 Å². The highest BCUT2D eigenvalue weighted by Crippen LogP contribution is 2.42. The molecule has 1 N–H and O–H groups in total. The summed E-state index contributed by atoms with van der Waals surface area (Å²) < 4.78 is 0. The Morgan fingerprint density at radius 2 is 2.00 bits per heavy atom. The summed E-state index contributed by atoms with van der Waals surface area (Å²) in [5, 5.41) is 5.44. The maximum absolute atomic E-state index is 12.6. The van der Waals surface area contributed by atoms with E-state index in [0.717, 1.165) is 16.3 Å². The molecular formula is C21H25ClN2O2S. The van der Waals surface area contributed by atoms with Gasteiger partial charge in [-0.15, -0.1) is 11.3 Å². The fourth-order valence-corrected chi connectivity index (χ4v) is 4.63. The molecule has 1 fully saturated rings. The van der Waals surface area contributed by atoms with Gasteiger partial charge in [-0.25, -0.2) is 0 Å². The summed E-state index contributed by atoms with van der Waals surface area (Å²) in [6.45, 7) is 5.84. The minimum atomic E-state index is -0.110. The normalized spacial score (nSPS) is 18.9. The van der Waals surface area contributed by atoms with Crippen molar-refractivity contribution in [2.45, 2.75) is 32.6 Å². The summed E-state index contributed by atoms with van der Waals surface area (Å²) in [5.41, 5.74) is 1.23. The number of hydrogen-bond donors (Lipinski definition) is 1. The summed E-state index contributed by atoms with van der Waals surface area (Å²) in [6.07, 6.45) is 1.23. The van der Waals surface area contributed by atoms with Gasteiger partial charge in [0.2, 0.25) is 11.8 Å². The van der Waals surface area contributed by atoms with E-state index in [2.05, 4.69) is 31.3 Å². The Balaban J connectivity index is 1.53. The van der Waals surface area contributed by atoms with Crippen LogP contribution in [0, 0.1) is 5.41 Å². The molecule has 0 spiro atoms. The summed E-state index contributed by atoms with van der Waals surface area (Å²) in [4.78, 5) is 27.5. The minimum Gasteiger partial charge on any atom is -0.347 e. The Hall–Kier alpha value is -1.85. The van der Waals surface area contributed by atoms with E-state index in [-0.39, 0.29) is 23.8 Å². The second-order valence-corrected chi connectivity index (χ2v) is 9.20. The number of nitrogens with zero attached hydrogens (tertiary/aromatic N) is 1. The van der Waals surface area contributed by atoms with E-state index in [1.54, 1.807) is 11.3 Å². The summed E-state index contributed by atoms with van der Waals surface area (Å²) in [5.74, 6) is 0.255. The van der Waals surface area contributed by atoms with E-state index in [1.165, 1.54) is 5.56 Å². The van der Waals surface area contributed by atoms with Gasteiger partial charge in [0.05, 0.1) is 13.0 Å². The molecule has 1 aliphatic rings. The highest BCUT2D eigenvalue weighted by molar-refractivity contribution is 7.10. The molecule has 27 heavy (non-hydrogen) atoms. The quantitative estimate of drug-likeness (QED) is 0.815. The van der Waals surface area contributed by atoms with Crippen molar-refractivity contribution in [3.63, 3.8) is 0 Å². The molecule has 1 aromatic carbocycles. The zero-order valence-electron chi connectivity index (χ0n) is 15.7. The Morgan fingerprint density at radius 1 is 1.26 bits per heavy atom. The van der Waals surface area contributed by atoms with Gasteiger partial charge in [-0.3, -0.25) is 9.59 Å². The molecule has 1 aromatic heterocycles. The van der Waals surface area contributed by atoms with Crippen molar-refractivity contribution in [3.05, 3.63) is 57.2 Å². The molecule has 0 radical (unpaired) electrons. The molecule has 2 amide bonds. The molecule has 0 aliphatic carbocycles. The van der Waals surface area contributed by atoms with Crippen LogP contribution in [0.2, 0.25) is 5.02 Å². The van der Waals surface area contributed by atoms with Gasteiger partial charge in [-0.1, -0.05) is 43.6 Å². The van der Waals surface area contributed by atoms with Gasteiger partial charge in [0.25, 0.3) is 0 Å². The molecule has 144 valence electrons. The van der Waals surface area contributed by atoms with Crippen LogP contribution in [0.3, 0.4) is 0 Å². The Bertz CT molecular complexity index is 787. The maximum atomic E-state index is 12.6. The van der Waals surface area contributed by atoms with E-state index in [4.69, 9.17) is 11.6 Å². The molecular weight excluding hydrogens is 380 g/mol. The second kappa shape index (κ2) is 8.44. The SMILES string of the molecule is CC1(C)CN(C(=O)CNC(=O)Cc2cccs2)CC[C@@H]1c1ccc(Cl)cc1. The number of likely N-dealkylation sites (tertiary alicyclic amines) is 1. The number of benzene rings is 1. The molecule has 1 saturated heterocycles. The number of thiophene rings is 1. The van der Waals surface area contributed by atoms with Crippen molar-refractivity contribution in [2.24, 2.45) is 5.41 Å². The van der Waals surface area contributed by atoms with Crippen molar-refractivity contribution in [2.75, 3.05) is 19.6 Å². The van der Waals surface area contributed by atoms with Crippen LogP contribution in [-0.4, -0.2) is 36.3 Å². The molecule has 4 nitrogen and oxygen atoms in total. The van der Waals surface area contributed by atoms with Gasteiger partial charge in [0.15, 0.2) is 0 Å². The number of hydrogen-bond acceptors (Lipinski definition) is 3. The van der Waals surface area contributed by atoms with Crippen molar-refractivity contribution in [3.8, 4) is 0 Å². The lowest BCUT2D eigenvalue weighted by molar-refractivity contribution is -0.135. The number of carbonyl (C=O) groups excluding carboxylic acids is 2. The first-order chi connectivity index (χ1) is 12.8. The maximum Gasteiger partial charge on any atom is 0.241 e. The van der Waals surface area contributed by atoms with E-state index in [0.29, 0.717) is 25.4 Å². The lowest BCUT2D eigenvalue weighted by Gasteiger charge is -2.44. The third kappa shape index (κ3) is 5.11. The van der Waals surface area contributed by atoms with Crippen LogP contribution in [0.4, 0.5) is 0 Å². The highest BCUT2D eigenvalue weighted by Gasteiger charge is 2.38. The van der Waals surface area contributed by atoms with E-state index in [1.807, 2.05) is 34.5 Å². The topological polar surface area (TPSA) is 49.4 Å².